The van der Waals surface area contributed by atoms with Crippen molar-refractivity contribution in [3.05, 3.63) is 12.2 Å². The van der Waals surface area contributed by atoms with Crippen LogP contribution < -0.4 is 11.3 Å². The second-order valence-electron chi connectivity index (χ2n) is 1.01. The topological polar surface area (TPSA) is 55.1 Å². The summed E-state index contributed by atoms with van der Waals surface area (Å²) in [5, 5.41) is 0. The molecule has 0 bridgehead atoms. The molecule has 0 aromatic carbocycles. The van der Waals surface area contributed by atoms with Crippen molar-refractivity contribution < 1.29 is 4.79 Å². The summed E-state index contributed by atoms with van der Waals surface area (Å²) in [6.07, 6.45) is 2.96. The van der Waals surface area contributed by atoms with E-state index in [1.165, 1.54) is 6.08 Å². The average molecular weight is 100 g/mol. The van der Waals surface area contributed by atoms with Gasteiger partial charge in [0, 0.05) is 0 Å². The van der Waals surface area contributed by atoms with Gasteiger partial charge in [0.25, 0.3) is 5.91 Å². The molecule has 0 atom stereocenters. The normalized spacial score (nSPS) is 9.43. The van der Waals surface area contributed by atoms with Crippen molar-refractivity contribution in [1.29, 1.82) is 0 Å². The molecule has 0 aromatic rings. The van der Waals surface area contributed by atoms with Crippen LogP contribution in [0, 0.1) is 0 Å². The fourth-order valence-corrected chi connectivity index (χ4v) is 0.199. The first-order valence-corrected chi connectivity index (χ1v) is 1.94. The number of amides is 1. The van der Waals surface area contributed by atoms with E-state index in [1.54, 1.807) is 13.0 Å². The number of allylic oxidation sites excluding steroid dienone is 1. The zero-order chi connectivity index (χ0) is 5.70. The monoisotopic (exact) mass is 100 g/mol. The van der Waals surface area contributed by atoms with Crippen LogP contribution in [0.25, 0.3) is 0 Å². The van der Waals surface area contributed by atoms with Crippen molar-refractivity contribution >= 4 is 5.91 Å². The van der Waals surface area contributed by atoms with Crippen molar-refractivity contribution in [2.45, 2.75) is 6.92 Å². The van der Waals surface area contributed by atoms with Gasteiger partial charge in [-0.05, 0) is 13.0 Å². The van der Waals surface area contributed by atoms with Gasteiger partial charge in [0.15, 0.2) is 0 Å². The second kappa shape index (κ2) is 3.36. The fourth-order valence-electron chi connectivity index (χ4n) is 0.199. The van der Waals surface area contributed by atoms with Crippen LogP contribution in [0.3, 0.4) is 0 Å². The first kappa shape index (κ1) is 6.17. The van der Waals surface area contributed by atoms with E-state index < -0.39 is 0 Å². The Hall–Kier alpha value is -0.830. The van der Waals surface area contributed by atoms with E-state index in [2.05, 4.69) is 0 Å². The summed E-state index contributed by atoms with van der Waals surface area (Å²) in [7, 11) is 0. The quantitative estimate of drug-likeness (QED) is 0.203. The third kappa shape index (κ3) is 2.99. The van der Waals surface area contributed by atoms with Crippen LogP contribution in [0.15, 0.2) is 12.2 Å². The van der Waals surface area contributed by atoms with Gasteiger partial charge in [-0.3, -0.25) is 10.2 Å². The highest BCUT2D eigenvalue weighted by molar-refractivity contribution is 5.86. The smallest absolute Gasteiger partial charge is 0.257 e. The number of carbonyl (C=O) groups is 1. The molecule has 3 nitrogen and oxygen atoms in total. The highest BCUT2D eigenvalue weighted by atomic mass is 16.2. The van der Waals surface area contributed by atoms with E-state index in [4.69, 9.17) is 5.84 Å². The summed E-state index contributed by atoms with van der Waals surface area (Å²) in [6, 6.07) is 0. The van der Waals surface area contributed by atoms with Crippen molar-refractivity contribution in [2.75, 3.05) is 0 Å². The Bertz CT molecular complexity index is 87.7. The number of rotatable bonds is 1. The van der Waals surface area contributed by atoms with E-state index in [1.807, 2.05) is 5.43 Å². The minimum Gasteiger partial charge on any atom is -0.291 e. The van der Waals surface area contributed by atoms with E-state index in [9.17, 15) is 4.79 Å². The molecule has 0 aliphatic carbocycles. The SMILES string of the molecule is C/C=C\C(=O)NN. The maximum absolute atomic E-state index is 10.1. The summed E-state index contributed by atoms with van der Waals surface area (Å²) in [5.74, 6) is 4.43. The van der Waals surface area contributed by atoms with Gasteiger partial charge in [0.1, 0.15) is 0 Å². The minimum atomic E-state index is -0.275. The standard InChI is InChI=1S/C4H8N2O/c1-2-3-4(7)6-5/h2-3H,5H2,1H3,(H,6,7)/b3-2-. The molecule has 0 saturated carbocycles. The molecule has 0 unspecified atom stereocenters. The summed E-state index contributed by atoms with van der Waals surface area (Å²) < 4.78 is 0. The highest BCUT2D eigenvalue weighted by Crippen LogP contribution is 1.65. The van der Waals surface area contributed by atoms with Gasteiger partial charge in [-0.1, -0.05) is 6.08 Å². The first-order valence-electron chi connectivity index (χ1n) is 1.94. The van der Waals surface area contributed by atoms with Gasteiger partial charge < -0.3 is 0 Å². The summed E-state index contributed by atoms with van der Waals surface area (Å²) in [6.45, 7) is 1.75. The summed E-state index contributed by atoms with van der Waals surface area (Å²) >= 11 is 0. The van der Waals surface area contributed by atoms with Gasteiger partial charge in [-0.2, -0.15) is 0 Å². The molecule has 0 fully saturated rings. The molecule has 7 heavy (non-hydrogen) atoms. The van der Waals surface area contributed by atoms with E-state index in [-0.39, 0.29) is 5.91 Å². The van der Waals surface area contributed by atoms with E-state index >= 15 is 0 Å². The van der Waals surface area contributed by atoms with Crippen molar-refractivity contribution in [3.63, 3.8) is 0 Å². The zero-order valence-electron chi connectivity index (χ0n) is 4.14. The van der Waals surface area contributed by atoms with Crippen molar-refractivity contribution in [1.82, 2.24) is 5.43 Å². The maximum Gasteiger partial charge on any atom is 0.257 e. The Morgan fingerprint density at radius 2 is 2.43 bits per heavy atom. The van der Waals surface area contributed by atoms with Crippen molar-refractivity contribution in [3.8, 4) is 0 Å². The molecule has 0 radical (unpaired) electrons. The third-order valence-corrected chi connectivity index (χ3v) is 0.460. The molecule has 0 heterocycles. The predicted octanol–water partition coefficient (Wildman–Crippen LogP) is -0.448. The number of nitrogens with two attached hydrogens (primary N) is 1. The van der Waals surface area contributed by atoms with Crippen LogP contribution in [0.4, 0.5) is 0 Å². The summed E-state index contributed by atoms with van der Waals surface area (Å²) in [4.78, 5) is 10.1. The lowest BCUT2D eigenvalue weighted by Gasteiger charge is -1.84. The Morgan fingerprint density at radius 3 is 2.57 bits per heavy atom. The Morgan fingerprint density at radius 1 is 1.86 bits per heavy atom. The van der Waals surface area contributed by atoms with Gasteiger partial charge in [0.05, 0.1) is 0 Å². The van der Waals surface area contributed by atoms with Gasteiger partial charge in [0.2, 0.25) is 0 Å². The number of hydrazine groups is 1. The molecular weight excluding hydrogens is 92.1 g/mol. The van der Waals surface area contributed by atoms with Gasteiger partial charge >= 0.3 is 0 Å². The molecule has 0 rings (SSSR count). The molecule has 3 heteroatoms. The van der Waals surface area contributed by atoms with Crippen LogP contribution in [0.2, 0.25) is 0 Å². The molecule has 40 valence electrons. The molecule has 0 aromatic heterocycles. The predicted molar refractivity (Wildman–Crippen MR) is 27.1 cm³/mol. The van der Waals surface area contributed by atoms with E-state index in [0.717, 1.165) is 0 Å². The molecule has 0 spiro atoms. The lowest BCUT2D eigenvalue weighted by atomic mass is 10.5. The first-order chi connectivity index (χ1) is 3.31. The largest absolute Gasteiger partial charge is 0.291 e. The van der Waals surface area contributed by atoms with Crippen LogP contribution in [0.5, 0.6) is 0 Å². The van der Waals surface area contributed by atoms with E-state index in [0.29, 0.717) is 0 Å². The van der Waals surface area contributed by atoms with Crippen molar-refractivity contribution in [2.24, 2.45) is 5.84 Å². The molecule has 0 aliphatic rings. The molecular formula is C4H8N2O. The summed E-state index contributed by atoms with van der Waals surface area (Å²) in [5.41, 5.74) is 1.94. The Kier molecular flexibility index (Phi) is 2.96. The number of carbonyl (C=O) groups excluding carboxylic acids is 1. The molecule has 3 N–H and O–H groups in total. The van der Waals surface area contributed by atoms with Crippen LogP contribution in [-0.4, -0.2) is 5.91 Å². The van der Waals surface area contributed by atoms with Gasteiger partial charge in [-0.25, -0.2) is 5.84 Å². The molecule has 1 amide bonds. The highest BCUT2D eigenvalue weighted by Gasteiger charge is 1.81. The van der Waals surface area contributed by atoms with Crippen LogP contribution in [-0.2, 0) is 4.79 Å². The lowest BCUT2D eigenvalue weighted by molar-refractivity contribution is -0.116. The van der Waals surface area contributed by atoms with Crippen LogP contribution >= 0.6 is 0 Å². The van der Waals surface area contributed by atoms with Gasteiger partial charge in [-0.15, -0.1) is 0 Å². The Balaban J connectivity index is 3.37. The second-order valence-corrected chi connectivity index (χ2v) is 1.01. The Labute approximate surface area is 42.2 Å². The van der Waals surface area contributed by atoms with Crippen LogP contribution in [0.1, 0.15) is 6.92 Å². The minimum absolute atomic E-state index is 0.275. The zero-order valence-corrected chi connectivity index (χ0v) is 4.14. The average Bonchev–Trinajstić information content (AvgIpc) is 1.68. The number of nitrogens with one attached hydrogen (secondary N) is 1. The maximum atomic E-state index is 10.1. The third-order valence-electron chi connectivity index (χ3n) is 0.460. The lowest BCUT2D eigenvalue weighted by Crippen LogP contribution is -2.27. The number of hydrogen-bond acceptors (Lipinski definition) is 2. The molecule has 0 saturated heterocycles. The molecule has 0 aliphatic heterocycles. The number of hydrogen-bond donors (Lipinski definition) is 2. The fraction of sp³-hybridized carbons (Fsp3) is 0.250.